The molecule has 0 atom stereocenters. The van der Waals surface area contributed by atoms with Gasteiger partial charge in [0.1, 0.15) is 6.61 Å². The Morgan fingerprint density at radius 3 is 2.30 bits per heavy atom. The Labute approximate surface area is 140 Å². The summed E-state index contributed by atoms with van der Waals surface area (Å²) in [5.74, 6) is 0.644. The Bertz CT molecular complexity index is 621. The SMILES string of the molecule is CC(C)(C)[Si](C)(C)OCc1ccnc(OCc2ccccc2)c1. The van der Waals surface area contributed by atoms with Crippen LogP contribution in [0.5, 0.6) is 5.88 Å². The van der Waals surface area contributed by atoms with Crippen molar-refractivity contribution in [3.8, 4) is 5.88 Å². The van der Waals surface area contributed by atoms with E-state index in [4.69, 9.17) is 9.16 Å². The van der Waals surface area contributed by atoms with Gasteiger partial charge in [-0.2, -0.15) is 0 Å². The molecule has 124 valence electrons. The topological polar surface area (TPSA) is 31.4 Å². The fraction of sp³-hybridized carbons (Fsp3) is 0.421. The third kappa shape index (κ3) is 5.18. The highest BCUT2D eigenvalue weighted by atomic mass is 28.4. The molecular formula is C19H27NO2Si. The number of hydrogen-bond acceptors (Lipinski definition) is 3. The Hall–Kier alpha value is -1.65. The van der Waals surface area contributed by atoms with Crippen LogP contribution < -0.4 is 4.74 Å². The Balaban J connectivity index is 1.95. The predicted octanol–water partition coefficient (Wildman–Crippen LogP) is 5.18. The lowest BCUT2D eigenvalue weighted by atomic mass is 10.2. The van der Waals surface area contributed by atoms with Crippen LogP contribution in [-0.4, -0.2) is 13.3 Å². The number of hydrogen-bond donors (Lipinski definition) is 0. The fourth-order valence-corrected chi connectivity index (χ4v) is 2.79. The average Bonchev–Trinajstić information content (AvgIpc) is 2.51. The highest BCUT2D eigenvalue weighted by molar-refractivity contribution is 6.74. The van der Waals surface area contributed by atoms with E-state index in [1.807, 2.05) is 42.5 Å². The second-order valence-corrected chi connectivity index (χ2v) is 12.1. The molecule has 0 aliphatic rings. The molecule has 0 spiro atoms. The van der Waals surface area contributed by atoms with Crippen LogP contribution in [0.25, 0.3) is 0 Å². The second kappa shape index (κ2) is 7.28. The maximum Gasteiger partial charge on any atom is 0.213 e. The van der Waals surface area contributed by atoms with Crippen LogP contribution in [0.1, 0.15) is 31.9 Å². The predicted molar refractivity (Wildman–Crippen MR) is 97.0 cm³/mol. The van der Waals surface area contributed by atoms with Crippen molar-refractivity contribution in [2.45, 2.75) is 52.1 Å². The van der Waals surface area contributed by atoms with Gasteiger partial charge in [-0.05, 0) is 35.3 Å². The maximum absolute atomic E-state index is 6.25. The number of aromatic nitrogens is 1. The quantitative estimate of drug-likeness (QED) is 0.684. The third-order valence-corrected chi connectivity index (χ3v) is 8.91. The van der Waals surface area contributed by atoms with Crippen LogP contribution in [0.2, 0.25) is 18.1 Å². The average molecular weight is 330 g/mol. The number of rotatable bonds is 6. The van der Waals surface area contributed by atoms with E-state index in [0.717, 1.165) is 11.1 Å². The standard InChI is InChI=1S/C19H27NO2Si/c1-19(2,3)23(4,5)22-15-17-11-12-20-18(13-17)21-14-16-9-7-6-8-10-16/h6-13H,14-15H2,1-5H3. The number of ether oxygens (including phenoxy) is 1. The molecule has 0 N–H and O–H groups in total. The normalized spacial score (nSPS) is 12.2. The Kier molecular flexibility index (Phi) is 5.60. The second-order valence-electron chi connectivity index (χ2n) is 7.33. The van der Waals surface area contributed by atoms with Crippen molar-refractivity contribution in [3.05, 3.63) is 59.8 Å². The zero-order valence-electron chi connectivity index (χ0n) is 14.8. The molecule has 0 bridgehead atoms. The largest absolute Gasteiger partial charge is 0.473 e. The summed E-state index contributed by atoms with van der Waals surface area (Å²) in [7, 11) is -1.74. The molecule has 0 unspecified atom stereocenters. The van der Waals surface area contributed by atoms with Crippen LogP contribution in [0.3, 0.4) is 0 Å². The highest BCUT2D eigenvalue weighted by Gasteiger charge is 2.37. The molecule has 23 heavy (non-hydrogen) atoms. The molecule has 0 saturated heterocycles. The van der Waals surface area contributed by atoms with Gasteiger partial charge < -0.3 is 9.16 Å². The van der Waals surface area contributed by atoms with E-state index in [1.54, 1.807) is 6.20 Å². The summed E-state index contributed by atoms with van der Waals surface area (Å²) in [6, 6.07) is 14.1. The van der Waals surface area contributed by atoms with E-state index in [9.17, 15) is 0 Å². The van der Waals surface area contributed by atoms with Crippen molar-refractivity contribution in [2.75, 3.05) is 0 Å². The van der Waals surface area contributed by atoms with Crippen LogP contribution >= 0.6 is 0 Å². The van der Waals surface area contributed by atoms with E-state index in [1.165, 1.54) is 0 Å². The van der Waals surface area contributed by atoms with Gasteiger partial charge in [0.15, 0.2) is 8.32 Å². The van der Waals surface area contributed by atoms with Crippen molar-refractivity contribution in [1.29, 1.82) is 0 Å². The molecular weight excluding hydrogens is 302 g/mol. The van der Waals surface area contributed by atoms with Gasteiger partial charge in [0.25, 0.3) is 0 Å². The molecule has 0 aliphatic heterocycles. The molecule has 0 aliphatic carbocycles. The summed E-state index contributed by atoms with van der Waals surface area (Å²) in [5.41, 5.74) is 2.24. The molecule has 0 fully saturated rings. The minimum atomic E-state index is -1.74. The lowest BCUT2D eigenvalue weighted by Gasteiger charge is -2.36. The van der Waals surface area contributed by atoms with E-state index in [-0.39, 0.29) is 5.04 Å². The minimum Gasteiger partial charge on any atom is -0.473 e. The molecule has 0 saturated carbocycles. The number of pyridine rings is 1. The van der Waals surface area contributed by atoms with E-state index >= 15 is 0 Å². The first-order valence-corrected chi connectivity index (χ1v) is 10.9. The van der Waals surface area contributed by atoms with Gasteiger partial charge in [-0.25, -0.2) is 4.98 Å². The van der Waals surface area contributed by atoms with E-state index in [0.29, 0.717) is 19.1 Å². The number of nitrogens with zero attached hydrogens (tertiary/aromatic N) is 1. The molecule has 1 aromatic carbocycles. The van der Waals surface area contributed by atoms with E-state index in [2.05, 4.69) is 38.8 Å². The Morgan fingerprint density at radius 1 is 0.957 bits per heavy atom. The maximum atomic E-state index is 6.25. The lowest BCUT2D eigenvalue weighted by molar-refractivity contribution is 0.271. The molecule has 2 aromatic rings. The van der Waals surface area contributed by atoms with Crippen molar-refractivity contribution >= 4 is 8.32 Å². The zero-order chi connectivity index (χ0) is 16.9. The van der Waals surface area contributed by atoms with Crippen LogP contribution in [0.15, 0.2) is 48.7 Å². The van der Waals surface area contributed by atoms with Crippen molar-refractivity contribution in [2.24, 2.45) is 0 Å². The van der Waals surface area contributed by atoms with Gasteiger partial charge in [-0.1, -0.05) is 51.1 Å². The van der Waals surface area contributed by atoms with Crippen molar-refractivity contribution < 1.29 is 9.16 Å². The van der Waals surface area contributed by atoms with Crippen LogP contribution in [0, 0.1) is 0 Å². The lowest BCUT2D eigenvalue weighted by Crippen LogP contribution is -2.40. The zero-order valence-corrected chi connectivity index (χ0v) is 15.8. The van der Waals surface area contributed by atoms with Gasteiger partial charge in [0.2, 0.25) is 5.88 Å². The molecule has 3 nitrogen and oxygen atoms in total. The molecule has 0 amide bonds. The van der Waals surface area contributed by atoms with Gasteiger partial charge in [0.05, 0.1) is 6.61 Å². The van der Waals surface area contributed by atoms with Gasteiger partial charge in [-0.3, -0.25) is 0 Å². The van der Waals surface area contributed by atoms with Gasteiger partial charge in [-0.15, -0.1) is 0 Å². The molecule has 2 rings (SSSR count). The summed E-state index contributed by atoms with van der Waals surface area (Å²) < 4.78 is 12.0. The summed E-state index contributed by atoms with van der Waals surface area (Å²) in [6.07, 6.45) is 1.78. The Morgan fingerprint density at radius 2 is 1.65 bits per heavy atom. The summed E-state index contributed by atoms with van der Waals surface area (Å²) in [6.45, 7) is 12.4. The molecule has 1 heterocycles. The first kappa shape index (κ1) is 17.7. The smallest absolute Gasteiger partial charge is 0.213 e. The van der Waals surface area contributed by atoms with Crippen molar-refractivity contribution in [1.82, 2.24) is 4.98 Å². The van der Waals surface area contributed by atoms with E-state index < -0.39 is 8.32 Å². The van der Waals surface area contributed by atoms with Gasteiger partial charge in [0, 0.05) is 12.3 Å². The van der Waals surface area contributed by atoms with Crippen molar-refractivity contribution in [3.63, 3.8) is 0 Å². The van der Waals surface area contributed by atoms with Gasteiger partial charge >= 0.3 is 0 Å². The monoisotopic (exact) mass is 329 g/mol. The minimum absolute atomic E-state index is 0.215. The summed E-state index contributed by atoms with van der Waals surface area (Å²) in [4.78, 5) is 4.28. The first-order valence-electron chi connectivity index (χ1n) is 8.03. The summed E-state index contributed by atoms with van der Waals surface area (Å²) in [5, 5.41) is 0.215. The van der Waals surface area contributed by atoms with Crippen LogP contribution in [0.4, 0.5) is 0 Å². The van der Waals surface area contributed by atoms with Crippen LogP contribution in [-0.2, 0) is 17.6 Å². The first-order chi connectivity index (χ1) is 10.8. The highest BCUT2D eigenvalue weighted by Crippen LogP contribution is 2.37. The fourth-order valence-electron chi connectivity index (χ4n) is 1.83. The summed E-state index contributed by atoms with van der Waals surface area (Å²) >= 11 is 0. The molecule has 0 radical (unpaired) electrons. The third-order valence-electron chi connectivity index (χ3n) is 4.43. The number of benzene rings is 1. The molecule has 1 aromatic heterocycles. The molecule has 4 heteroatoms.